The molecule has 0 aliphatic carbocycles. The molecule has 1 aliphatic rings. The molecular formula is C14H15BrFNO2. The number of likely N-dealkylation sites (tertiary alicyclic amines) is 1. The Kier molecular flexibility index (Phi) is 4.04. The van der Waals surface area contributed by atoms with Crippen LogP contribution in [0.15, 0.2) is 22.7 Å². The molecular weight excluding hydrogens is 313 g/mol. The fourth-order valence-electron chi connectivity index (χ4n) is 2.18. The monoisotopic (exact) mass is 327 g/mol. The quantitative estimate of drug-likeness (QED) is 0.782. The van der Waals surface area contributed by atoms with E-state index >= 15 is 0 Å². The fourth-order valence-corrected chi connectivity index (χ4v) is 2.55. The van der Waals surface area contributed by atoms with Crippen LogP contribution in [0.4, 0.5) is 4.39 Å². The Hall–Kier alpha value is -1.23. The van der Waals surface area contributed by atoms with Crippen molar-refractivity contribution in [1.29, 1.82) is 0 Å². The smallest absolute Gasteiger partial charge is 0.263 e. The summed E-state index contributed by atoms with van der Waals surface area (Å²) in [6.07, 6.45) is 0.360. The van der Waals surface area contributed by atoms with Gasteiger partial charge < -0.3 is 0 Å². The van der Waals surface area contributed by atoms with Crippen molar-refractivity contribution in [2.24, 2.45) is 11.8 Å². The summed E-state index contributed by atoms with van der Waals surface area (Å²) in [5.41, 5.74) is -0.0628. The highest BCUT2D eigenvalue weighted by molar-refractivity contribution is 9.10. The number of imide groups is 1. The Balaban J connectivity index is 2.25. The lowest BCUT2D eigenvalue weighted by Gasteiger charge is -2.17. The van der Waals surface area contributed by atoms with Crippen molar-refractivity contribution in [3.8, 4) is 0 Å². The number of carbonyl (C=O) groups excluding carboxylic acids is 2. The van der Waals surface area contributed by atoms with Crippen LogP contribution >= 0.6 is 15.9 Å². The van der Waals surface area contributed by atoms with Crippen molar-refractivity contribution in [3.63, 3.8) is 0 Å². The van der Waals surface area contributed by atoms with Crippen molar-refractivity contribution in [2.75, 3.05) is 6.54 Å². The first-order chi connectivity index (χ1) is 8.90. The van der Waals surface area contributed by atoms with Crippen LogP contribution < -0.4 is 0 Å². The first-order valence-electron chi connectivity index (χ1n) is 6.20. The van der Waals surface area contributed by atoms with E-state index in [0.29, 0.717) is 23.4 Å². The van der Waals surface area contributed by atoms with Gasteiger partial charge in [0.05, 0.1) is 5.56 Å². The summed E-state index contributed by atoms with van der Waals surface area (Å²) in [4.78, 5) is 25.3. The van der Waals surface area contributed by atoms with Gasteiger partial charge in [0.2, 0.25) is 5.91 Å². The van der Waals surface area contributed by atoms with E-state index in [1.807, 2.05) is 13.8 Å². The molecule has 1 unspecified atom stereocenters. The summed E-state index contributed by atoms with van der Waals surface area (Å²) in [6.45, 7) is 4.42. The molecule has 0 aromatic heterocycles. The third kappa shape index (κ3) is 2.86. The Morgan fingerprint density at radius 1 is 1.47 bits per heavy atom. The maximum Gasteiger partial charge on any atom is 0.263 e. The Morgan fingerprint density at radius 3 is 2.74 bits per heavy atom. The average Bonchev–Trinajstić information content (AvgIpc) is 2.74. The molecule has 0 spiro atoms. The van der Waals surface area contributed by atoms with Crippen LogP contribution in [0.5, 0.6) is 0 Å². The van der Waals surface area contributed by atoms with Crippen LogP contribution in [0.2, 0.25) is 0 Å². The van der Waals surface area contributed by atoms with E-state index in [0.717, 1.165) is 4.90 Å². The predicted molar refractivity (Wildman–Crippen MR) is 73.1 cm³/mol. The first kappa shape index (κ1) is 14.2. The van der Waals surface area contributed by atoms with E-state index in [-0.39, 0.29) is 17.4 Å². The van der Waals surface area contributed by atoms with Gasteiger partial charge in [-0.15, -0.1) is 0 Å². The van der Waals surface area contributed by atoms with Crippen molar-refractivity contribution in [1.82, 2.24) is 4.90 Å². The highest BCUT2D eigenvalue weighted by Gasteiger charge is 2.36. The molecule has 0 N–H and O–H groups in total. The van der Waals surface area contributed by atoms with Crippen molar-refractivity contribution in [2.45, 2.75) is 20.3 Å². The molecule has 1 atom stereocenters. The summed E-state index contributed by atoms with van der Waals surface area (Å²) in [7, 11) is 0. The molecule has 19 heavy (non-hydrogen) atoms. The Bertz CT molecular complexity index is 530. The molecule has 1 heterocycles. The molecule has 1 aromatic carbocycles. The molecule has 2 rings (SSSR count). The van der Waals surface area contributed by atoms with Crippen LogP contribution in [-0.4, -0.2) is 23.3 Å². The van der Waals surface area contributed by atoms with Gasteiger partial charge in [-0.1, -0.05) is 29.8 Å². The maximum absolute atomic E-state index is 13.7. The molecule has 5 heteroatoms. The van der Waals surface area contributed by atoms with E-state index in [9.17, 15) is 14.0 Å². The zero-order valence-corrected chi connectivity index (χ0v) is 12.4. The van der Waals surface area contributed by atoms with Crippen molar-refractivity contribution in [3.05, 3.63) is 34.1 Å². The van der Waals surface area contributed by atoms with E-state index in [1.165, 1.54) is 18.2 Å². The number of halogens is 2. The zero-order chi connectivity index (χ0) is 14.2. The second-order valence-electron chi connectivity index (χ2n) is 5.14. The molecule has 2 amide bonds. The molecule has 1 saturated heterocycles. The number of benzene rings is 1. The van der Waals surface area contributed by atoms with Gasteiger partial charge in [0.1, 0.15) is 5.82 Å². The number of hydrogen-bond donors (Lipinski definition) is 0. The van der Waals surface area contributed by atoms with Gasteiger partial charge in [-0.2, -0.15) is 0 Å². The summed E-state index contributed by atoms with van der Waals surface area (Å²) in [6, 6.07) is 4.15. The van der Waals surface area contributed by atoms with Crippen LogP contribution in [0.1, 0.15) is 30.6 Å². The molecule has 102 valence electrons. The second kappa shape index (κ2) is 5.41. The van der Waals surface area contributed by atoms with E-state index in [2.05, 4.69) is 15.9 Å². The summed E-state index contributed by atoms with van der Waals surface area (Å²) in [5.74, 6) is -0.884. The molecule has 1 aliphatic heterocycles. The maximum atomic E-state index is 13.7. The van der Waals surface area contributed by atoms with Gasteiger partial charge >= 0.3 is 0 Å². The SMILES string of the molecule is CC(C)C1CC(=O)N(C(=O)c2cc(Br)ccc2F)C1. The minimum Gasteiger partial charge on any atom is -0.278 e. The van der Waals surface area contributed by atoms with Crippen LogP contribution in [-0.2, 0) is 4.79 Å². The summed E-state index contributed by atoms with van der Waals surface area (Å²) in [5, 5.41) is 0. The van der Waals surface area contributed by atoms with Gasteiger partial charge in [0.25, 0.3) is 5.91 Å². The van der Waals surface area contributed by atoms with E-state index in [1.54, 1.807) is 0 Å². The topological polar surface area (TPSA) is 37.4 Å². The highest BCUT2D eigenvalue weighted by atomic mass is 79.9. The van der Waals surface area contributed by atoms with E-state index in [4.69, 9.17) is 0 Å². The first-order valence-corrected chi connectivity index (χ1v) is 6.99. The van der Waals surface area contributed by atoms with Crippen molar-refractivity contribution >= 4 is 27.7 Å². The molecule has 0 bridgehead atoms. The van der Waals surface area contributed by atoms with Gasteiger partial charge in [-0.3, -0.25) is 14.5 Å². The normalized spacial score (nSPS) is 19.3. The second-order valence-corrected chi connectivity index (χ2v) is 6.06. The van der Waals surface area contributed by atoms with Gasteiger partial charge in [0.15, 0.2) is 0 Å². The summed E-state index contributed by atoms with van der Waals surface area (Å²) >= 11 is 3.20. The number of nitrogens with zero attached hydrogens (tertiary/aromatic N) is 1. The third-order valence-corrected chi connectivity index (χ3v) is 3.99. The lowest BCUT2D eigenvalue weighted by Crippen LogP contribution is -2.33. The van der Waals surface area contributed by atoms with Gasteiger partial charge in [-0.25, -0.2) is 4.39 Å². The van der Waals surface area contributed by atoms with Crippen molar-refractivity contribution < 1.29 is 14.0 Å². The van der Waals surface area contributed by atoms with Gasteiger partial charge in [-0.05, 0) is 30.0 Å². The fraction of sp³-hybridized carbons (Fsp3) is 0.429. The van der Waals surface area contributed by atoms with Gasteiger partial charge in [0, 0.05) is 17.4 Å². The van der Waals surface area contributed by atoms with Crippen LogP contribution in [0, 0.1) is 17.7 Å². The molecule has 1 aromatic rings. The highest BCUT2D eigenvalue weighted by Crippen LogP contribution is 2.27. The largest absolute Gasteiger partial charge is 0.278 e. The third-order valence-electron chi connectivity index (χ3n) is 3.50. The number of carbonyl (C=O) groups is 2. The predicted octanol–water partition coefficient (Wildman–Crippen LogP) is 3.23. The minimum atomic E-state index is -0.603. The number of rotatable bonds is 2. The zero-order valence-electron chi connectivity index (χ0n) is 10.8. The molecule has 1 fully saturated rings. The van der Waals surface area contributed by atoms with E-state index < -0.39 is 11.7 Å². The van der Waals surface area contributed by atoms with Crippen LogP contribution in [0.25, 0.3) is 0 Å². The van der Waals surface area contributed by atoms with Crippen LogP contribution in [0.3, 0.4) is 0 Å². The molecule has 0 radical (unpaired) electrons. The lowest BCUT2D eigenvalue weighted by atomic mass is 9.95. The minimum absolute atomic E-state index is 0.0628. The Morgan fingerprint density at radius 2 is 2.16 bits per heavy atom. The standard InChI is InChI=1S/C14H15BrFNO2/c1-8(2)9-5-13(18)17(7-9)14(19)11-6-10(15)3-4-12(11)16/h3-4,6,8-9H,5,7H2,1-2H3. The lowest BCUT2D eigenvalue weighted by molar-refractivity contribution is -0.125. The molecule has 3 nitrogen and oxygen atoms in total. The number of hydrogen-bond acceptors (Lipinski definition) is 2. The number of amides is 2. The summed E-state index contributed by atoms with van der Waals surface area (Å²) < 4.78 is 14.3. The Labute approximate surface area is 119 Å². The molecule has 0 saturated carbocycles. The average molecular weight is 328 g/mol.